The average Bonchev–Trinajstić information content (AvgIpc) is 3.08. The SMILES string of the molecule is COc1ccc(C(=O)N2CCC(Oc3cc(C)oc(=O)c3)C2)c(OC)c1. The zero-order valence-corrected chi connectivity index (χ0v) is 15.0. The van der Waals surface area contributed by atoms with Gasteiger partial charge in [0.15, 0.2) is 0 Å². The highest BCUT2D eigenvalue weighted by Gasteiger charge is 2.30. The molecule has 2 heterocycles. The summed E-state index contributed by atoms with van der Waals surface area (Å²) in [5.41, 5.74) is 0.0269. The first kappa shape index (κ1) is 17.8. The standard InChI is InChI=1S/C19H21NO6/c1-12-8-15(10-18(21)25-12)26-14-6-7-20(11-14)19(22)16-5-4-13(23-2)9-17(16)24-3/h4-5,8-10,14H,6-7,11H2,1-3H3. The van der Waals surface area contributed by atoms with Crippen LogP contribution in [-0.4, -0.2) is 44.2 Å². The molecule has 1 amide bonds. The molecule has 0 bridgehead atoms. The van der Waals surface area contributed by atoms with Crippen LogP contribution in [0.3, 0.4) is 0 Å². The van der Waals surface area contributed by atoms with Crippen LogP contribution in [-0.2, 0) is 0 Å². The van der Waals surface area contributed by atoms with Crippen LogP contribution in [0.2, 0.25) is 0 Å². The van der Waals surface area contributed by atoms with E-state index in [9.17, 15) is 9.59 Å². The Bertz CT molecular complexity index is 859. The van der Waals surface area contributed by atoms with Crippen LogP contribution in [0, 0.1) is 6.92 Å². The molecule has 1 fully saturated rings. The molecule has 1 aromatic heterocycles. The molecule has 1 unspecified atom stereocenters. The molecule has 3 rings (SSSR count). The number of rotatable bonds is 5. The molecule has 0 aliphatic carbocycles. The van der Waals surface area contributed by atoms with Crippen LogP contribution in [0.15, 0.2) is 39.5 Å². The Morgan fingerprint density at radius 1 is 1.15 bits per heavy atom. The summed E-state index contributed by atoms with van der Waals surface area (Å²) in [5, 5.41) is 0. The summed E-state index contributed by atoms with van der Waals surface area (Å²) >= 11 is 0. The number of amides is 1. The van der Waals surface area contributed by atoms with Gasteiger partial charge in [-0.3, -0.25) is 4.79 Å². The van der Waals surface area contributed by atoms with Gasteiger partial charge < -0.3 is 23.5 Å². The largest absolute Gasteiger partial charge is 0.497 e. The molecule has 1 aromatic carbocycles. The van der Waals surface area contributed by atoms with Gasteiger partial charge in [-0.05, 0) is 19.1 Å². The molecule has 7 nitrogen and oxygen atoms in total. The Morgan fingerprint density at radius 2 is 1.96 bits per heavy atom. The molecule has 138 valence electrons. The van der Waals surface area contributed by atoms with Gasteiger partial charge in [-0.2, -0.15) is 0 Å². The van der Waals surface area contributed by atoms with Gasteiger partial charge in [-0.25, -0.2) is 4.79 Å². The number of benzene rings is 1. The maximum absolute atomic E-state index is 12.8. The fraction of sp³-hybridized carbons (Fsp3) is 0.368. The quantitative estimate of drug-likeness (QED) is 0.815. The Kier molecular flexibility index (Phi) is 5.16. The van der Waals surface area contributed by atoms with E-state index in [4.69, 9.17) is 18.6 Å². The molecule has 0 spiro atoms. The summed E-state index contributed by atoms with van der Waals surface area (Å²) in [6, 6.07) is 8.08. The normalized spacial score (nSPS) is 16.4. The number of ether oxygens (including phenoxy) is 3. The highest BCUT2D eigenvalue weighted by Crippen LogP contribution is 2.27. The molecule has 0 saturated carbocycles. The monoisotopic (exact) mass is 359 g/mol. The number of hydrogen-bond donors (Lipinski definition) is 0. The van der Waals surface area contributed by atoms with E-state index in [0.29, 0.717) is 48.1 Å². The number of aryl methyl sites for hydroxylation is 1. The van der Waals surface area contributed by atoms with Crippen LogP contribution < -0.4 is 19.8 Å². The summed E-state index contributed by atoms with van der Waals surface area (Å²) < 4.78 is 21.2. The van der Waals surface area contributed by atoms with Crippen molar-refractivity contribution in [2.75, 3.05) is 27.3 Å². The van der Waals surface area contributed by atoms with Gasteiger partial charge >= 0.3 is 5.63 Å². The lowest BCUT2D eigenvalue weighted by molar-refractivity contribution is 0.0768. The van der Waals surface area contributed by atoms with E-state index in [1.807, 2.05) is 0 Å². The third-order valence-corrected chi connectivity index (χ3v) is 4.24. The molecule has 26 heavy (non-hydrogen) atoms. The summed E-state index contributed by atoms with van der Waals surface area (Å²) in [7, 11) is 3.08. The van der Waals surface area contributed by atoms with E-state index >= 15 is 0 Å². The van der Waals surface area contributed by atoms with E-state index < -0.39 is 5.63 Å². The lowest BCUT2D eigenvalue weighted by Crippen LogP contribution is -2.31. The van der Waals surface area contributed by atoms with Crippen LogP contribution in [0.5, 0.6) is 17.2 Å². The highest BCUT2D eigenvalue weighted by atomic mass is 16.5. The van der Waals surface area contributed by atoms with Crippen molar-refractivity contribution in [2.24, 2.45) is 0 Å². The van der Waals surface area contributed by atoms with E-state index in [2.05, 4.69) is 0 Å². The lowest BCUT2D eigenvalue weighted by atomic mass is 10.1. The van der Waals surface area contributed by atoms with Crippen LogP contribution in [0.25, 0.3) is 0 Å². The van der Waals surface area contributed by atoms with Gasteiger partial charge in [0.25, 0.3) is 5.91 Å². The second-order valence-corrected chi connectivity index (χ2v) is 6.07. The smallest absolute Gasteiger partial charge is 0.339 e. The molecule has 1 aliphatic heterocycles. The second-order valence-electron chi connectivity index (χ2n) is 6.07. The van der Waals surface area contributed by atoms with Crippen molar-refractivity contribution in [3.63, 3.8) is 0 Å². The average molecular weight is 359 g/mol. The molecule has 2 aromatic rings. The second kappa shape index (κ2) is 7.51. The van der Waals surface area contributed by atoms with Gasteiger partial charge in [-0.15, -0.1) is 0 Å². The minimum Gasteiger partial charge on any atom is -0.497 e. The molecule has 0 radical (unpaired) electrons. The van der Waals surface area contributed by atoms with Gasteiger partial charge in [0.05, 0.1) is 32.4 Å². The van der Waals surface area contributed by atoms with E-state index in [-0.39, 0.29) is 12.0 Å². The lowest BCUT2D eigenvalue weighted by Gasteiger charge is -2.19. The highest BCUT2D eigenvalue weighted by molar-refractivity contribution is 5.97. The van der Waals surface area contributed by atoms with Gasteiger partial charge in [-0.1, -0.05) is 0 Å². The molecular weight excluding hydrogens is 338 g/mol. The first-order valence-electron chi connectivity index (χ1n) is 8.30. The maximum atomic E-state index is 12.8. The predicted molar refractivity (Wildman–Crippen MR) is 94.2 cm³/mol. The Morgan fingerprint density at radius 3 is 2.65 bits per heavy atom. The number of nitrogens with zero attached hydrogens (tertiary/aromatic N) is 1. The fourth-order valence-electron chi connectivity index (χ4n) is 2.99. The number of hydrogen-bond acceptors (Lipinski definition) is 6. The molecule has 0 N–H and O–H groups in total. The topological polar surface area (TPSA) is 78.2 Å². The Labute approximate surface area is 151 Å². The van der Waals surface area contributed by atoms with Crippen molar-refractivity contribution in [1.82, 2.24) is 4.90 Å². The molecular formula is C19H21NO6. The van der Waals surface area contributed by atoms with Crippen molar-refractivity contribution >= 4 is 5.91 Å². The van der Waals surface area contributed by atoms with Crippen LogP contribution in [0.4, 0.5) is 0 Å². The van der Waals surface area contributed by atoms with E-state index in [1.54, 1.807) is 43.2 Å². The van der Waals surface area contributed by atoms with E-state index in [0.717, 1.165) is 0 Å². The zero-order chi connectivity index (χ0) is 18.7. The zero-order valence-electron chi connectivity index (χ0n) is 15.0. The minimum atomic E-state index is -0.450. The summed E-state index contributed by atoms with van der Waals surface area (Å²) in [6.45, 7) is 2.70. The van der Waals surface area contributed by atoms with Crippen molar-refractivity contribution in [3.05, 3.63) is 52.1 Å². The number of carbonyl (C=O) groups is 1. The first-order chi connectivity index (χ1) is 12.5. The maximum Gasteiger partial charge on any atom is 0.339 e. The number of carbonyl (C=O) groups excluding carboxylic acids is 1. The van der Waals surface area contributed by atoms with Gasteiger partial charge in [0, 0.05) is 25.1 Å². The Hall–Kier alpha value is -2.96. The fourth-order valence-corrected chi connectivity index (χ4v) is 2.99. The van der Waals surface area contributed by atoms with Crippen molar-refractivity contribution in [3.8, 4) is 17.2 Å². The molecule has 1 saturated heterocycles. The van der Waals surface area contributed by atoms with Crippen LogP contribution in [0.1, 0.15) is 22.5 Å². The summed E-state index contributed by atoms with van der Waals surface area (Å²) in [4.78, 5) is 26.0. The molecule has 7 heteroatoms. The predicted octanol–water partition coefficient (Wildman–Crippen LogP) is 2.26. The third-order valence-electron chi connectivity index (χ3n) is 4.24. The van der Waals surface area contributed by atoms with E-state index in [1.165, 1.54) is 13.2 Å². The number of likely N-dealkylation sites (tertiary alicyclic amines) is 1. The molecule has 1 aliphatic rings. The Balaban J connectivity index is 1.70. The molecule has 1 atom stereocenters. The van der Waals surface area contributed by atoms with Crippen molar-refractivity contribution in [2.45, 2.75) is 19.4 Å². The number of methoxy groups -OCH3 is 2. The minimum absolute atomic E-state index is 0.126. The van der Waals surface area contributed by atoms with Crippen molar-refractivity contribution in [1.29, 1.82) is 0 Å². The summed E-state index contributed by atoms with van der Waals surface area (Å²) in [5.74, 6) is 1.91. The summed E-state index contributed by atoms with van der Waals surface area (Å²) in [6.07, 6.45) is 0.508. The van der Waals surface area contributed by atoms with Crippen LogP contribution >= 0.6 is 0 Å². The third kappa shape index (κ3) is 3.82. The van der Waals surface area contributed by atoms with Gasteiger partial charge in [0.2, 0.25) is 0 Å². The van der Waals surface area contributed by atoms with Crippen molar-refractivity contribution < 1.29 is 23.4 Å². The van der Waals surface area contributed by atoms with Gasteiger partial charge in [0.1, 0.15) is 29.1 Å². The first-order valence-corrected chi connectivity index (χ1v) is 8.30.